The molecular formula is C14H14ClN5O2. The summed E-state index contributed by atoms with van der Waals surface area (Å²) in [5.41, 5.74) is 0.773. The number of nitrogens with zero attached hydrogens (tertiary/aromatic N) is 4. The molecule has 22 heavy (non-hydrogen) atoms. The second-order valence-electron chi connectivity index (χ2n) is 5.07. The lowest BCUT2D eigenvalue weighted by molar-refractivity contribution is -0.128. The van der Waals surface area contributed by atoms with E-state index in [0.29, 0.717) is 23.7 Å². The van der Waals surface area contributed by atoms with Crippen LogP contribution in [0.3, 0.4) is 0 Å². The van der Waals surface area contributed by atoms with Gasteiger partial charge in [0.25, 0.3) is 5.91 Å². The van der Waals surface area contributed by atoms with Crippen molar-refractivity contribution in [2.45, 2.75) is 12.5 Å². The van der Waals surface area contributed by atoms with Crippen molar-refractivity contribution in [2.24, 2.45) is 0 Å². The molecule has 0 aliphatic carbocycles. The number of likely N-dealkylation sites (N-methyl/N-ethyl adjacent to an activating group) is 1. The van der Waals surface area contributed by atoms with E-state index in [4.69, 9.17) is 11.6 Å². The Morgan fingerprint density at radius 1 is 1.41 bits per heavy atom. The summed E-state index contributed by atoms with van der Waals surface area (Å²) in [5, 5.41) is 10.9. The number of carbonyl (C=O) groups excluding carboxylic acids is 2. The molecule has 2 heterocycles. The minimum Gasteiger partial charge on any atom is -0.344 e. The van der Waals surface area contributed by atoms with Crippen molar-refractivity contribution in [2.75, 3.05) is 13.6 Å². The van der Waals surface area contributed by atoms with Gasteiger partial charge in [-0.15, -0.1) is 5.10 Å². The van der Waals surface area contributed by atoms with Crippen LogP contribution in [0.1, 0.15) is 16.9 Å². The predicted molar refractivity (Wildman–Crippen MR) is 79.9 cm³/mol. The first kappa shape index (κ1) is 14.5. The highest BCUT2D eigenvalue weighted by molar-refractivity contribution is 6.32. The molecule has 1 aromatic carbocycles. The van der Waals surface area contributed by atoms with Crippen molar-refractivity contribution in [3.05, 3.63) is 41.2 Å². The van der Waals surface area contributed by atoms with E-state index in [9.17, 15) is 9.59 Å². The molecule has 7 nitrogen and oxygen atoms in total. The summed E-state index contributed by atoms with van der Waals surface area (Å²) in [6, 6.07) is 6.62. The molecule has 2 amide bonds. The molecule has 1 saturated heterocycles. The van der Waals surface area contributed by atoms with E-state index < -0.39 is 11.9 Å². The molecule has 8 heteroatoms. The monoisotopic (exact) mass is 319 g/mol. The van der Waals surface area contributed by atoms with Crippen molar-refractivity contribution in [1.82, 2.24) is 25.2 Å². The van der Waals surface area contributed by atoms with E-state index in [0.717, 1.165) is 0 Å². The highest BCUT2D eigenvalue weighted by Crippen LogP contribution is 2.18. The van der Waals surface area contributed by atoms with Crippen molar-refractivity contribution in [1.29, 1.82) is 0 Å². The van der Waals surface area contributed by atoms with Crippen LogP contribution in [0.4, 0.5) is 0 Å². The van der Waals surface area contributed by atoms with Crippen LogP contribution in [0.25, 0.3) is 5.69 Å². The first-order valence-electron chi connectivity index (χ1n) is 6.79. The Hall–Kier alpha value is -2.41. The molecule has 1 N–H and O–H groups in total. The number of benzene rings is 1. The van der Waals surface area contributed by atoms with Crippen LogP contribution < -0.4 is 5.32 Å². The molecule has 0 spiro atoms. The summed E-state index contributed by atoms with van der Waals surface area (Å²) >= 11 is 6.08. The van der Waals surface area contributed by atoms with Crippen molar-refractivity contribution in [3.8, 4) is 5.69 Å². The van der Waals surface area contributed by atoms with Crippen LogP contribution in [-0.2, 0) is 4.79 Å². The Morgan fingerprint density at radius 2 is 2.18 bits per heavy atom. The van der Waals surface area contributed by atoms with Crippen LogP contribution in [0.5, 0.6) is 0 Å². The van der Waals surface area contributed by atoms with Gasteiger partial charge in [0.05, 0.1) is 16.9 Å². The Labute approximate surface area is 131 Å². The van der Waals surface area contributed by atoms with Crippen LogP contribution in [-0.4, -0.2) is 51.3 Å². The Morgan fingerprint density at radius 3 is 2.86 bits per heavy atom. The van der Waals surface area contributed by atoms with Crippen molar-refractivity contribution < 1.29 is 9.59 Å². The largest absolute Gasteiger partial charge is 0.344 e. The van der Waals surface area contributed by atoms with Gasteiger partial charge in [0, 0.05) is 13.6 Å². The minimum atomic E-state index is -0.497. The lowest BCUT2D eigenvalue weighted by Crippen LogP contribution is -2.40. The maximum Gasteiger partial charge on any atom is 0.274 e. The topological polar surface area (TPSA) is 80.1 Å². The fraction of sp³-hybridized carbons (Fsp3) is 0.286. The van der Waals surface area contributed by atoms with Crippen LogP contribution >= 0.6 is 11.6 Å². The molecule has 1 atom stereocenters. The van der Waals surface area contributed by atoms with Gasteiger partial charge in [0.15, 0.2) is 5.69 Å². The molecule has 1 fully saturated rings. The first-order chi connectivity index (χ1) is 10.6. The molecule has 2 aromatic rings. The van der Waals surface area contributed by atoms with Crippen LogP contribution in [0, 0.1) is 0 Å². The number of hydrogen-bond acceptors (Lipinski definition) is 4. The highest BCUT2D eigenvalue weighted by atomic mass is 35.5. The van der Waals surface area contributed by atoms with Gasteiger partial charge < -0.3 is 10.2 Å². The smallest absolute Gasteiger partial charge is 0.274 e. The van der Waals surface area contributed by atoms with Gasteiger partial charge in [-0.3, -0.25) is 9.59 Å². The number of para-hydroxylation sites is 1. The molecule has 0 unspecified atom stereocenters. The average molecular weight is 320 g/mol. The zero-order chi connectivity index (χ0) is 15.7. The molecule has 0 radical (unpaired) electrons. The molecule has 0 bridgehead atoms. The quantitative estimate of drug-likeness (QED) is 0.910. The number of nitrogens with one attached hydrogen (secondary N) is 1. The minimum absolute atomic E-state index is 0.0909. The highest BCUT2D eigenvalue weighted by Gasteiger charge is 2.31. The molecular weight excluding hydrogens is 306 g/mol. The van der Waals surface area contributed by atoms with Gasteiger partial charge in [-0.1, -0.05) is 28.9 Å². The van der Waals surface area contributed by atoms with Gasteiger partial charge in [-0.2, -0.15) is 0 Å². The van der Waals surface area contributed by atoms with E-state index in [2.05, 4.69) is 15.6 Å². The summed E-state index contributed by atoms with van der Waals surface area (Å²) < 4.78 is 1.43. The van der Waals surface area contributed by atoms with E-state index >= 15 is 0 Å². The zero-order valence-corrected chi connectivity index (χ0v) is 12.6. The normalized spacial score (nSPS) is 17.8. The third-order valence-electron chi connectivity index (χ3n) is 3.56. The lowest BCUT2D eigenvalue weighted by Gasteiger charge is -2.10. The number of carbonyl (C=O) groups is 2. The summed E-state index contributed by atoms with van der Waals surface area (Å²) in [7, 11) is 1.71. The van der Waals surface area contributed by atoms with Crippen molar-refractivity contribution in [3.63, 3.8) is 0 Å². The fourth-order valence-corrected chi connectivity index (χ4v) is 2.53. The second kappa shape index (κ2) is 5.76. The number of halogens is 1. The number of likely N-dealkylation sites (tertiary alicyclic amines) is 1. The standard InChI is InChI=1S/C14H14ClN5O2/c1-19-7-6-10(14(19)22)16-13(21)11-8-20(18-17-11)12-5-3-2-4-9(12)15/h2-5,8,10H,6-7H2,1H3,(H,16,21)/t10-/m0/s1. The summed E-state index contributed by atoms with van der Waals surface area (Å²) in [4.78, 5) is 25.5. The molecule has 3 rings (SSSR count). The van der Waals surface area contributed by atoms with E-state index in [1.807, 2.05) is 6.07 Å². The number of aromatic nitrogens is 3. The van der Waals surface area contributed by atoms with Crippen molar-refractivity contribution >= 4 is 23.4 Å². The third-order valence-corrected chi connectivity index (χ3v) is 3.88. The molecule has 114 valence electrons. The first-order valence-corrected chi connectivity index (χ1v) is 7.17. The summed E-state index contributed by atoms with van der Waals surface area (Å²) in [6.45, 7) is 0.635. The average Bonchev–Trinajstić information content (AvgIpc) is 3.10. The number of amides is 2. The SMILES string of the molecule is CN1CC[C@H](NC(=O)c2cn(-c3ccccc3Cl)nn2)C1=O. The third kappa shape index (κ3) is 2.67. The van der Waals surface area contributed by atoms with E-state index in [1.165, 1.54) is 10.9 Å². The van der Waals surface area contributed by atoms with Crippen LogP contribution in [0.15, 0.2) is 30.5 Å². The van der Waals surface area contributed by atoms with Gasteiger partial charge >= 0.3 is 0 Å². The second-order valence-corrected chi connectivity index (χ2v) is 5.48. The van der Waals surface area contributed by atoms with Gasteiger partial charge in [-0.05, 0) is 18.6 Å². The Bertz CT molecular complexity index is 730. The molecule has 1 aliphatic rings. The van der Waals surface area contributed by atoms with Gasteiger partial charge in [0.1, 0.15) is 6.04 Å². The Balaban J connectivity index is 1.75. The fourth-order valence-electron chi connectivity index (χ4n) is 2.31. The van der Waals surface area contributed by atoms with Gasteiger partial charge in [0.2, 0.25) is 5.91 Å². The van der Waals surface area contributed by atoms with E-state index in [-0.39, 0.29) is 11.6 Å². The number of hydrogen-bond donors (Lipinski definition) is 1. The Kier molecular flexibility index (Phi) is 3.81. The lowest BCUT2D eigenvalue weighted by atomic mass is 10.2. The predicted octanol–water partition coefficient (Wildman–Crippen LogP) is 0.881. The van der Waals surface area contributed by atoms with Crippen LogP contribution in [0.2, 0.25) is 5.02 Å². The number of rotatable bonds is 3. The summed E-state index contributed by atoms with van der Waals surface area (Å²) in [5.74, 6) is -0.515. The molecule has 1 aromatic heterocycles. The maximum atomic E-state index is 12.2. The van der Waals surface area contributed by atoms with Gasteiger partial charge in [-0.25, -0.2) is 4.68 Å². The molecule has 0 saturated carbocycles. The molecule has 1 aliphatic heterocycles. The summed E-state index contributed by atoms with van der Waals surface area (Å²) in [6.07, 6.45) is 2.08. The van der Waals surface area contributed by atoms with E-state index in [1.54, 1.807) is 30.1 Å². The maximum absolute atomic E-state index is 12.2. The zero-order valence-electron chi connectivity index (χ0n) is 11.9.